The molecule has 1 aliphatic rings. The summed E-state index contributed by atoms with van der Waals surface area (Å²) in [5.74, 6) is 4.34. The van der Waals surface area contributed by atoms with Crippen molar-refractivity contribution in [2.75, 3.05) is 35.0 Å². The standard InChI is InChI=1S/C24H33N3O4.HI/c1-16-6-9-18(21(10-16)31-15-17-7-8-17)13-26-24(25-2)27-14-19-11-22(29-4)23(30-5)12-20(19)28-3;/h6,9-12,17H,7-8,13-15H2,1-5H3,(H2,25,26,27);1H. The maximum Gasteiger partial charge on any atom is 0.191 e. The first kappa shape index (κ1) is 25.9. The molecule has 2 aromatic rings. The Kier molecular flexibility index (Phi) is 10.2. The van der Waals surface area contributed by atoms with E-state index < -0.39 is 0 Å². The normalized spacial score (nSPS) is 13.1. The number of benzene rings is 2. The van der Waals surface area contributed by atoms with Gasteiger partial charge < -0.3 is 29.6 Å². The quantitative estimate of drug-likeness (QED) is 0.259. The molecule has 0 radical (unpaired) electrons. The molecule has 8 heteroatoms. The van der Waals surface area contributed by atoms with Gasteiger partial charge in [0.1, 0.15) is 11.5 Å². The van der Waals surface area contributed by atoms with E-state index in [4.69, 9.17) is 18.9 Å². The molecule has 2 N–H and O–H groups in total. The van der Waals surface area contributed by atoms with Crippen LogP contribution in [-0.4, -0.2) is 40.9 Å². The maximum atomic E-state index is 6.07. The van der Waals surface area contributed by atoms with E-state index in [2.05, 4.69) is 40.7 Å². The summed E-state index contributed by atoms with van der Waals surface area (Å²) >= 11 is 0. The van der Waals surface area contributed by atoms with E-state index in [1.807, 2.05) is 12.1 Å². The molecule has 0 atom stereocenters. The van der Waals surface area contributed by atoms with Gasteiger partial charge in [0.2, 0.25) is 0 Å². The van der Waals surface area contributed by atoms with Gasteiger partial charge in [-0.1, -0.05) is 12.1 Å². The number of ether oxygens (including phenoxy) is 4. The Hall–Kier alpha value is -2.36. The van der Waals surface area contributed by atoms with Gasteiger partial charge in [0.05, 0.1) is 27.9 Å². The third-order valence-corrected chi connectivity index (χ3v) is 5.30. The number of hydrogen-bond donors (Lipinski definition) is 2. The molecule has 0 aliphatic heterocycles. The predicted octanol–water partition coefficient (Wildman–Crippen LogP) is 4.29. The van der Waals surface area contributed by atoms with Crippen LogP contribution in [-0.2, 0) is 13.1 Å². The van der Waals surface area contributed by atoms with Crippen LogP contribution < -0.4 is 29.6 Å². The van der Waals surface area contributed by atoms with Crippen molar-refractivity contribution in [3.63, 3.8) is 0 Å². The Labute approximate surface area is 207 Å². The molecule has 1 fully saturated rings. The van der Waals surface area contributed by atoms with Crippen LogP contribution >= 0.6 is 24.0 Å². The number of aryl methyl sites for hydroxylation is 1. The topological polar surface area (TPSA) is 73.3 Å². The zero-order valence-corrected chi connectivity index (χ0v) is 21.8. The first-order valence-electron chi connectivity index (χ1n) is 10.5. The minimum absolute atomic E-state index is 0. The van der Waals surface area contributed by atoms with Crippen molar-refractivity contribution >= 4 is 29.9 Å². The molecule has 0 bridgehead atoms. The number of guanidine groups is 1. The highest BCUT2D eigenvalue weighted by Gasteiger charge is 2.22. The Balaban J connectivity index is 0.00000363. The smallest absolute Gasteiger partial charge is 0.191 e. The third kappa shape index (κ3) is 7.08. The monoisotopic (exact) mass is 555 g/mol. The first-order chi connectivity index (χ1) is 15.1. The van der Waals surface area contributed by atoms with Crippen LogP contribution in [0.3, 0.4) is 0 Å². The largest absolute Gasteiger partial charge is 0.496 e. The SMILES string of the molecule is CN=C(NCc1cc(OC)c(OC)cc1OC)NCc1ccc(C)cc1OCC1CC1.I. The molecule has 7 nitrogen and oxygen atoms in total. The van der Waals surface area contributed by atoms with E-state index in [1.54, 1.807) is 28.4 Å². The summed E-state index contributed by atoms with van der Waals surface area (Å²) in [6.45, 7) is 4.01. The second kappa shape index (κ2) is 12.6. The minimum Gasteiger partial charge on any atom is -0.496 e. The fraction of sp³-hybridized carbons (Fsp3) is 0.458. The average Bonchev–Trinajstić information content (AvgIpc) is 3.62. The van der Waals surface area contributed by atoms with Crippen LogP contribution in [0.25, 0.3) is 0 Å². The first-order valence-corrected chi connectivity index (χ1v) is 10.5. The lowest BCUT2D eigenvalue weighted by atomic mass is 10.1. The highest BCUT2D eigenvalue weighted by Crippen LogP contribution is 2.34. The summed E-state index contributed by atoms with van der Waals surface area (Å²) in [5.41, 5.74) is 3.24. The van der Waals surface area contributed by atoms with Gasteiger partial charge in [-0.05, 0) is 43.4 Å². The van der Waals surface area contributed by atoms with E-state index in [0.29, 0.717) is 36.5 Å². The van der Waals surface area contributed by atoms with Gasteiger partial charge in [-0.25, -0.2) is 0 Å². The summed E-state index contributed by atoms with van der Waals surface area (Å²) in [4.78, 5) is 4.34. The highest BCUT2D eigenvalue weighted by molar-refractivity contribution is 14.0. The van der Waals surface area contributed by atoms with Crippen molar-refractivity contribution < 1.29 is 18.9 Å². The maximum absolute atomic E-state index is 6.07. The molecule has 0 heterocycles. The lowest BCUT2D eigenvalue weighted by Crippen LogP contribution is -2.36. The fourth-order valence-electron chi connectivity index (χ4n) is 3.24. The molecule has 1 aliphatic carbocycles. The van der Waals surface area contributed by atoms with Crippen LogP contribution in [0, 0.1) is 12.8 Å². The van der Waals surface area contributed by atoms with Crippen molar-refractivity contribution in [3.05, 3.63) is 47.0 Å². The second-order valence-electron chi connectivity index (χ2n) is 7.66. The number of halogens is 1. The van der Waals surface area contributed by atoms with Crippen molar-refractivity contribution in [2.24, 2.45) is 10.9 Å². The van der Waals surface area contributed by atoms with Gasteiger partial charge in [-0.3, -0.25) is 4.99 Å². The molecule has 32 heavy (non-hydrogen) atoms. The van der Waals surface area contributed by atoms with Gasteiger partial charge in [0.15, 0.2) is 17.5 Å². The van der Waals surface area contributed by atoms with Gasteiger partial charge in [-0.2, -0.15) is 0 Å². The molecule has 0 saturated heterocycles. The van der Waals surface area contributed by atoms with Crippen LogP contribution in [0.15, 0.2) is 35.3 Å². The van der Waals surface area contributed by atoms with Crippen molar-refractivity contribution in [3.8, 4) is 23.0 Å². The van der Waals surface area contributed by atoms with Crippen LogP contribution in [0.4, 0.5) is 0 Å². The molecule has 0 amide bonds. The van der Waals surface area contributed by atoms with E-state index >= 15 is 0 Å². The summed E-state index contributed by atoms with van der Waals surface area (Å²) in [5, 5.41) is 6.70. The van der Waals surface area contributed by atoms with E-state index in [-0.39, 0.29) is 24.0 Å². The number of hydrogen-bond acceptors (Lipinski definition) is 5. The van der Waals surface area contributed by atoms with Crippen LogP contribution in [0.2, 0.25) is 0 Å². The fourth-order valence-corrected chi connectivity index (χ4v) is 3.24. The summed E-state index contributed by atoms with van der Waals surface area (Å²) in [7, 11) is 6.61. The molecule has 1 saturated carbocycles. The zero-order chi connectivity index (χ0) is 22.2. The number of nitrogens with one attached hydrogen (secondary N) is 2. The highest BCUT2D eigenvalue weighted by atomic mass is 127. The summed E-state index contributed by atoms with van der Waals surface area (Å²) < 4.78 is 22.3. The second-order valence-corrected chi connectivity index (χ2v) is 7.66. The average molecular weight is 555 g/mol. The lowest BCUT2D eigenvalue weighted by Gasteiger charge is -2.17. The molecule has 0 spiro atoms. The number of aliphatic imine (C=N–C) groups is 1. The van der Waals surface area contributed by atoms with Crippen molar-refractivity contribution in [2.45, 2.75) is 32.9 Å². The van der Waals surface area contributed by atoms with E-state index in [1.165, 1.54) is 18.4 Å². The molecule has 0 aromatic heterocycles. The number of rotatable bonds is 10. The Morgan fingerprint density at radius 2 is 1.50 bits per heavy atom. The molecule has 176 valence electrons. The van der Waals surface area contributed by atoms with Gasteiger partial charge in [-0.15, -0.1) is 24.0 Å². The summed E-state index contributed by atoms with van der Waals surface area (Å²) in [6.07, 6.45) is 2.55. The molecular formula is C24H34IN3O4. The van der Waals surface area contributed by atoms with Crippen molar-refractivity contribution in [1.29, 1.82) is 0 Å². The van der Waals surface area contributed by atoms with Gasteiger partial charge >= 0.3 is 0 Å². The molecule has 3 rings (SSSR count). The summed E-state index contributed by atoms with van der Waals surface area (Å²) in [6, 6.07) is 10.0. The van der Waals surface area contributed by atoms with Crippen LogP contribution in [0.1, 0.15) is 29.5 Å². The Morgan fingerprint density at radius 3 is 2.09 bits per heavy atom. The predicted molar refractivity (Wildman–Crippen MR) is 138 cm³/mol. The van der Waals surface area contributed by atoms with E-state index in [0.717, 1.165) is 29.2 Å². The van der Waals surface area contributed by atoms with Gasteiger partial charge in [0, 0.05) is 37.3 Å². The Morgan fingerprint density at radius 1 is 0.875 bits per heavy atom. The van der Waals surface area contributed by atoms with Crippen LogP contribution in [0.5, 0.6) is 23.0 Å². The van der Waals surface area contributed by atoms with Gasteiger partial charge in [0.25, 0.3) is 0 Å². The Bertz CT molecular complexity index is 916. The minimum atomic E-state index is 0. The third-order valence-electron chi connectivity index (χ3n) is 5.30. The number of nitrogens with zero attached hydrogens (tertiary/aromatic N) is 1. The molecular weight excluding hydrogens is 521 g/mol. The molecule has 0 unspecified atom stereocenters. The molecule has 2 aromatic carbocycles. The lowest BCUT2D eigenvalue weighted by molar-refractivity contribution is 0.296. The zero-order valence-electron chi connectivity index (χ0n) is 19.5. The van der Waals surface area contributed by atoms with Crippen molar-refractivity contribution in [1.82, 2.24) is 10.6 Å². The number of methoxy groups -OCH3 is 3. The van der Waals surface area contributed by atoms with E-state index in [9.17, 15) is 0 Å².